The molecule has 0 aromatic rings. The molecule has 7 aliphatic heterocycles. The predicted molar refractivity (Wildman–Crippen MR) is 267 cm³/mol. The fraction of sp³-hybridized carbons (Fsp3) is 0.938. The molecule has 7 rings (SSSR count). The molecule has 39 heteroatoms. The third-order valence-electron chi connectivity index (χ3n) is 15.7. The van der Waals surface area contributed by atoms with Gasteiger partial charge < -0.3 is 180 Å². The van der Waals surface area contributed by atoms with Crippen LogP contribution in [0.4, 0.5) is 0 Å². The van der Waals surface area contributed by atoms with Crippen LogP contribution in [0.5, 0.6) is 0 Å². The third-order valence-corrected chi connectivity index (χ3v) is 15.7. The Bertz CT molecular complexity index is 2190. The highest BCUT2D eigenvalue weighted by molar-refractivity contribution is 5.74. The van der Waals surface area contributed by atoms with Crippen molar-refractivity contribution in [3.05, 3.63) is 0 Å². The topological polar surface area (TPSA) is 612 Å². The van der Waals surface area contributed by atoms with Gasteiger partial charge in [-0.15, -0.1) is 0 Å². The van der Waals surface area contributed by atoms with Gasteiger partial charge in [0.25, 0.3) is 0 Å². The first-order chi connectivity index (χ1) is 41.1. The lowest BCUT2D eigenvalue weighted by Crippen LogP contribution is -2.70. The maximum Gasteiger partial charge on any atom is 0.217 e. The molecule has 0 aromatic carbocycles. The minimum Gasteiger partial charge on any atom is -0.394 e. The van der Waals surface area contributed by atoms with Gasteiger partial charge in [-0.3, -0.25) is 14.4 Å². The summed E-state index contributed by atoms with van der Waals surface area (Å²) in [6, 6.07) is -5.15. The Hall–Kier alpha value is -2.91. The molecule has 0 radical (unpaired) electrons. The van der Waals surface area contributed by atoms with Crippen LogP contribution in [-0.4, -0.2) is 381 Å². The van der Waals surface area contributed by atoms with E-state index >= 15 is 0 Å². The van der Waals surface area contributed by atoms with Crippen molar-refractivity contribution in [3.8, 4) is 0 Å². The Balaban J connectivity index is 1.23. The number of hydrogen-bond acceptors (Lipinski definition) is 36. The van der Waals surface area contributed by atoms with E-state index in [1.165, 1.54) is 0 Å². The van der Waals surface area contributed by atoms with E-state index in [0.29, 0.717) is 0 Å². The average Bonchev–Trinajstić information content (AvgIpc) is 1.46. The number of hydrogen-bond donors (Lipinski definition) is 23. The molecule has 0 spiro atoms. The molecule has 23 N–H and O–H groups in total. The molecule has 7 saturated heterocycles. The van der Waals surface area contributed by atoms with Crippen LogP contribution in [0.25, 0.3) is 0 Å². The molecule has 35 atom stereocenters. The Morgan fingerprint density at radius 1 is 0.299 bits per heavy atom. The summed E-state index contributed by atoms with van der Waals surface area (Å²) in [5, 5.41) is 225. The van der Waals surface area contributed by atoms with Crippen LogP contribution in [0.1, 0.15) is 20.8 Å². The summed E-state index contributed by atoms with van der Waals surface area (Å²) in [5.41, 5.74) is 0. The Morgan fingerprint density at radius 3 is 1.14 bits per heavy atom. The second kappa shape index (κ2) is 31.1. The largest absolute Gasteiger partial charge is 0.394 e. The zero-order valence-electron chi connectivity index (χ0n) is 46.6. The van der Waals surface area contributed by atoms with E-state index in [1.54, 1.807) is 0 Å². The maximum atomic E-state index is 12.8. The normalized spacial score (nSPS) is 48.9. The van der Waals surface area contributed by atoms with Gasteiger partial charge in [-0.2, -0.15) is 0 Å². The number of carbonyl (C=O) groups excluding carboxylic acids is 3. The van der Waals surface area contributed by atoms with E-state index in [4.69, 9.17) is 61.6 Å². The lowest BCUT2D eigenvalue weighted by atomic mass is 9.94. The number of ether oxygens (including phenoxy) is 13. The predicted octanol–water partition coefficient (Wildman–Crippen LogP) is -15.8. The SMILES string of the molecule is CC(=O)N[C@H]1[C@H](O[C@H]2[C@H](O)[C@@H](NC(C)=O)C(O)O[C@@H]2CO)O[C@H](CO)[C@@H](O[C@@H]2O[C@H](CO[C@H]3O[C@H](CO)[C@@H](O)[C@H](O)[C@@H]3O[C@H]3O[C@H](CO)[C@@H](O)[C@H](O)[C@@H]3O)[C@@H](O)[C@H](O[C@H]3O[C@H](CO)[C@@H](O)[C@H](O)[C@@H]3O[C@@H]3O[C@H](CO)[C@@H](O)[C@H](O)[C@H]3NC(C)=O)[C@@H]2O)[C@@H]1O. The Morgan fingerprint density at radius 2 is 0.632 bits per heavy atom. The molecule has 7 heterocycles. The maximum absolute atomic E-state index is 12.8. The lowest BCUT2D eigenvalue weighted by molar-refractivity contribution is -0.396. The molecule has 504 valence electrons. The number of rotatable bonds is 22. The molecule has 3 amide bonds. The fourth-order valence-electron chi connectivity index (χ4n) is 11.1. The average molecular weight is 1280 g/mol. The first-order valence-corrected chi connectivity index (χ1v) is 27.6. The number of carbonyl (C=O) groups is 3. The van der Waals surface area contributed by atoms with Crippen molar-refractivity contribution in [2.45, 2.75) is 236 Å². The highest BCUT2D eigenvalue weighted by Crippen LogP contribution is 2.38. The summed E-state index contributed by atoms with van der Waals surface area (Å²) in [4.78, 5) is 37.1. The first kappa shape index (κ1) is 71.5. The van der Waals surface area contributed by atoms with Gasteiger partial charge in [0.2, 0.25) is 17.7 Å². The first-order valence-electron chi connectivity index (χ1n) is 27.6. The Labute approximate surface area is 492 Å². The van der Waals surface area contributed by atoms with Crippen molar-refractivity contribution in [1.82, 2.24) is 16.0 Å². The molecule has 39 nitrogen and oxygen atoms in total. The van der Waals surface area contributed by atoms with Crippen molar-refractivity contribution in [3.63, 3.8) is 0 Å². The van der Waals surface area contributed by atoms with Crippen molar-refractivity contribution in [2.24, 2.45) is 0 Å². The molecule has 1 unspecified atom stereocenters. The minimum atomic E-state index is -2.44. The van der Waals surface area contributed by atoms with E-state index in [0.717, 1.165) is 20.8 Å². The zero-order valence-corrected chi connectivity index (χ0v) is 46.6. The van der Waals surface area contributed by atoms with Crippen LogP contribution >= 0.6 is 0 Å². The standard InChI is InChI=1S/C48H81N3O36/c1-11(58)49-21-30(67)37(18(8-56)76-42(21)74)83-44-23(51-13(3)60)31(68)38(19(9-57)81-44)84-46-36(73)39(85-48-41(34(71)27(64)17(7-55)80-48)86-43-22(50-12(2)59)29(66)24(61)14(4-52)77-43)28(65)20(82-46)10-75-47-40(33(70)26(63)16(6-54)79-47)87-45-35(72)32(69)25(62)15(5-53)78-45/h14-48,52-57,61-74H,4-10H2,1-3H3,(H,49,58)(H,50,59)(H,51,60)/t14-,15-,16-,17-,18-,19-,20-,21-,22-,23-,24-,25-,26-,27-,28-,29-,30-,31-,32+,33+,34+,35+,36+,37-,38-,39+,40+,41+,42?,43+,44+,45-,46+,47+,48-/m1/s1. The van der Waals surface area contributed by atoms with Crippen molar-refractivity contribution >= 4 is 17.7 Å². The van der Waals surface area contributed by atoms with E-state index in [-0.39, 0.29) is 0 Å². The monoisotopic (exact) mass is 1280 g/mol. The van der Waals surface area contributed by atoms with E-state index in [2.05, 4.69) is 16.0 Å². The van der Waals surface area contributed by atoms with E-state index < -0.39 is 279 Å². The summed E-state index contributed by atoms with van der Waals surface area (Å²) in [7, 11) is 0. The van der Waals surface area contributed by atoms with Crippen molar-refractivity contribution < 1.29 is 178 Å². The molecular formula is C48H81N3O36. The second-order valence-electron chi connectivity index (χ2n) is 21.8. The molecular weight excluding hydrogens is 1190 g/mol. The van der Waals surface area contributed by atoms with Gasteiger partial charge in [0, 0.05) is 20.8 Å². The molecule has 0 aliphatic carbocycles. The van der Waals surface area contributed by atoms with E-state index in [9.17, 15) is 117 Å². The number of nitrogens with one attached hydrogen (secondary N) is 3. The van der Waals surface area contributed by atoms with Gasteiger partial charge in [0.15, 0.2) is 44.0 Å². The Kier molecular flexibility index (Phi) is 25.6. The molecule has 0 saturated carbocycles. The van der Waals surface area contributed by atoms with Gasteiger partial charge >= 0.3 is 0 Å². The number of aliphatic hydroxyl groups excluding tert-OH is 20. The minimum absolute atomic E-state index is 0.749. The summed E-state index contributed by atoms with van der Waals surface area (Å²) in [5.74, 6) is -2.46. The van der Waals surface area contributed by atoms with Gasteiger partial charge in [-0.25, -0.2) is 0 Å². The molecule has 0 aromatic heterocycles. The highest BCUT2D eigenvalue weighted by Gasteiger charge is 2.59. The number of amides is 3. The van der Waals surface area contributed by atoms with Crippen LogP contribution in [0.15, 0.2) is 0 Å². The summed E-state index contributed by atoms with van der Waals surface area (Å²) >= 11 is 0. The summed E-state index contributed by atoms with van der Waals surface area (Å²) < 4.78 is 75.8. The lowest BCUT2D eigenvalue weighted by Gasteiger charge is -2.51. The molecule has 7 aliphatic rings. The van der Waals surface area contributed by atoms with Crippen LogP contribution in [0.3, 0.4) is 0 Å². The van der Waals surface area contributed by atoms with Crippen LogP contribution in [-0.2, 0) is 76.0 Å². The quantitative estimate of drug-likeness (QED) is 0.0479. The van der Waals surface area contributed by atoms with Crippen molar-refractivity contribution in [2.75, 3.05) is 46.2 Å². The third kappa shape index (κ3) is 15.8. The van der Waals surface area contributed by atoms with Gasteiger partial charge in [0.1, 0.15) is 171 Å². The smallest absolute Gasteiger partial charge is 0.217 e. The molecule has 7 fully saturated rings. The van der Waals surface area contributed by atoms with Crippen LogP contribution < -0.4 is 16.0 Å². The van der Waals surface area contributed by atoms with Gasteiger partial charge in [-0.1, -0.05) is 0 Å². The summed E-state index contributed by atoms with van der Waals surface area (Å²) in [6.45, 7) is -4.12. The van der Waals surface area contributed by atoms with Crippen LogP contribution in [0.2, 0.25) is 0 Å². The fourth-order valence-corrected chi connectivity index (χ4v) is 11.1. The molecule has 0 bridgehead atoms. The van der Waals surface area contributed by atoms with Gasteiger partial charge in [0.05, 0.1) is 46.2 Å². The zero-order chi connectivity index (χ0) is 64.2. The summed E-state index contributed by atoms with van der Waals surface area (Å²) in [6.07, 6.45) is -64.0. The second-order valence-corrected chi connectivity index (χ2v) is 21.8. The van der Waals surface area contributed by atoms with Crippen molar-refractivity contribution in [1.29, 1.82) is 0 Å². The van der Waals surface area contributed by atoms with Gasteiger partial charge in [-0.05, 0) is 0 Å². The van der Waals surface area contributed by atoms with Crippen LogP contribution in [0, 0.1) is 0 Å². The van der Waals surface area contributed by atoms with E-state index in [1.807, 2.05) is 0 Å². The molecule has 87 heavy (non-hydrogen) atoms. The highest BCUT2D eigenvalue weighted by atomic mass is 16.8. The number of aliphatic hydroxyl groups is 20.